The summed E-state index contributed by atoms with van der Waals surface area (Å²) in [6.07, 6.45) is -1.10. The Bertz CT molecular complexity index is 1420. The van der Waals surface area contributed by atoms with Gasteiger partial charge in [-0.2, -0.15) is 0 Å². The first kappa shape index (κ1) is 31.7. The largest absolute Gasteiger partial charge is 0.445 e. The predicted molar refractivity (Wildman–Crippen MR) is 155 cm³/mol. The highest BCUT2D eigenvalue weighted by atomic mass is 35.6. The third kappa shape index (κ3) is 5.65. The van der Waals surface area contributed by atoms with Crippen molar-refractivity contribution in [3.05, 3.63) is 46.2 Å². The summed E-state index contributed by atoms with van der Waals surface area (Å²) in [6.45, 7) is 2.59. The minimum absolute atomic E-state index is 0.00809. The van der Waals surface area contributed by atoms with E-state index in [1.807, 2.05) is 0 Å². The van der Waals surface area contributed by atoms with Gasteiger partial charge < -0.3 is 35.8 Å². The summed E-state index contributed by atoms with van der Waals surface area (Å²) < 4.78 is 3.04. The molecular weight excluding hydrogens is 676 g/mol. The molecule has 232 valence electrons. The van der Waals surface area contributed by atoms with Gasteiger partial charge in [-0.15, -0.1) is 0 Å². The number of ether oxygens (including phenoxy) is 1. The van der Waals surface area contributed by atoms with E-state index >= 15 is 0 Å². The number of hydrogen-bond donors (Lipinski definition) is 6. The van der Waals surface area contributed by atoms with Gasteiger partial charge in [-0.05, 0) is 12.1 Å². The molecule has 4 aliphatic rings. The van der Waals surface area contributed by atoms with E-state index in [1.165, 1.54) is 23.1 Å². The molecule has 5 rings (SSSR count). The van der Waals surface area contributed by atoms with Crippen LogP contribution >= 0.6 is 58.0 Å². The Balaban J connectivity index is 1.52. The van der Waals surface area contributed by atoms with Gasteiger partial charge in [-0.3, -0.25) is 24.6 Å². The second kappa shape index (κ2) is 11.3. The maximum absolute atomic E-state index is 13.2. The fourth-order valence-electron chi connectivity index (χ4n) is 5.64. The molecule has 4 amide bonds. The van der Waals surface area contributed by atoms with Gasteiger partial charge in [0.15, 0.2) is 5.66 Å². The molecule has 4 aliphatic heterocycles. The summed E-state index contributed by atoms with van der Waals surface area (Å²) in [5.74, 6) is -4.59. The zero-order valence-electron chi connectivity index (χ0n) is 21.9. The molecule has 14 nitrogen and oxygen atoms in total. The van der Waals surface area contributed by atoms with Crippen molar-refractivity contribution in [2.75, 3.05) is 19.7 Å². The summed E-state index contributed by atoms with van der Waals surface area (Å²) in [6, 6.07) is 0.805. The topological polar surface area (TPSA) is 185 Å². The number of alkyl halides is 3. The van der Waals surface area contributed by atoms with E-state index in [2.05, 4.69) is 32.8 Å². The number of halogens is 5. The average Bonchev–Trinajstić information content (AvgIpc) is 3.51. The molecule has 0 radical (unpaired) electrons. The summed E-state index contributed by atoms with van der Waals surface area (Å²) in [4.78, 5) is 57.7. The van der Waals surface area contributed by atoms with Gasteiger partial charge in [0.05, 0.1) is 40.1 Å². The van der Waals surface area contributed by atoms with Crippen LogP contribution in [0, 0.1) is 0 Å². The fourth-order valence-corrected chi connectivity index (χ4v) is 6.19. The number of guanidine groups is 1. The van der Waals surface area contributed by atoms with Crippen LogP contribution in [0.1, 0.15) is 23.2 Å². The van der Waals surface area contributed by atoms with Crippen LogP contribution in [0.5, 0.6) is 0 Å². The van der Waals surface area contributed by atoms with Crippen LogP contribution in [-0.4, -0.2) is 103 Å². The number of carbonyl (C=O) groups is 4. The first-order valence-corrected chi connectivity index (χ1v) is 14.6. The van der Waals surface area contributed by atoms with E-state index in [1.54, 1.807) is 0 Å². The highest BCUT2D eigenvalue weighted by Crippen LogP contribution is 2.45. The van der Waals surface area contributed by atoms with Crippen molar-refractivity contribution in [3.8, 4) is 0 Å². The smallest absolute Gasteiger partial charge is 0.414 e. The lowest BCUT2D eigenvalue weighted by Gasteiger charge is -2.49. The number of nitrogens with zero attached hydrogens (tertiary/aromatic N) is 3. The molecule has 0 aliphatic carbocycles. The highest BCUT2D eigenvalue weighted by molar-refractivity contribution is 6.67. The Morgan fingerprint density at radius 1 is 1.19 bits per heavy atom. The molecule has 1 aromatic rings. The van der Waals surface area contributed by atoms with Crippen LogP contribution in [-0.2, 0) is 14.3 Å². The number of rotatable bonds is 5. The van der Waals surface area contributed by atoms with Gasteiger partial charge in [0.25, 0.3) is 5.91 Å². The number of aliphatic hydroxyl groups is 2. The van der Waals surface area contributed by atoms with Crippen molar-refractivity contribution in [1.82, 2.24) is 31.1 Å². The Morgan fingerprint density at radius 2 is 1.86 bits per heavy atom. The molecule has 4 heterocycles. The Kier molecular flexibility index (Phi) is 8.35. The number of nitrogens with one attached hydrogen (secondary N) is 4. The van der Waals surface area contributed by atoms with Crippen LogP contribution in [0.2, 0.25) is 10.0 Å². The van der Waals surface area contributed by atoms with E-state index < -0.39 is 63.8 Å². The molecule has 19 heteroatoms. The third-order valence-electron chi connectivity index (χ3n) is 7.49. The summed E-state index contributed by atoms with van der Waals surface area (Å²) in [5, 5.41) is 34.5. The van der Waals surface area contributed by atoms with Crippen molar-refractivity contribution in [1.29, 1.82) is 0 Å². The number of aliphatic imine (C=N–C) groups is 1. The van der Waals surface area contributed by atoms with E-state index in [0.29, 0.717) is 0 Å². The lowest BCUT2D eigenvalue weighted by atomic mass is 9.85. The van der Waals surface area contributed by atoms with Crippen molar-refractivity contribution in [3.63, 3.8) is 0 Å². The van der Waals surface area contributed by atoms with Crippen LogP contribution in [0.25, 0.3) is 0 Å². The van der Waals surface area contributed by atoms with Gasteiger partial charge in [-0.25, -0.2) is 9.79 Å². The monoisotopic (exact) mass is 697 g/mol. The molecule has 0 aromatic heterocycles. The molecule has 6 N–H and O–H groups in total. The predicted octanol–water partition coefficient (Wildman–Crippen LogP) is 0.801. The van der Waals surface area contributed by atoms with Gasteiger partial charge >= 0.3 is 6.09 Å². The number of alkyl carbamates (subject to hydrolysis) is 1. The number of likely N-dealkylation sites (tertiary alicyclic amines) is 1. The summed E-state index contributed by atoms with van der Waals surface area (Å²) >= 11 is 29.3. The van der Waals surface area contributed by atoms with Crippen molar-refractivity contribution >= 4 is 87.8 Å². The van der Waals surface area contributed by atoms with Crippen LogP contribution < -0.4 is 21.3 Å². The lowest BCUT2D eigenvalue weighted by Crippen LogP contribution is -2.78. The van der Waals surface area contributed by atoms with E-state index in [0.717, 1.165) is 4.90 Å². The van der Waals surface area contributed by atoms with Crippen molar-refractivity contribution < 1.29 is 34.1 Å². The van der Waals surface area contributed by atoms with Gasteiger partial charge in [0.1, 0.15) is 12.6 Å². The average molecular weight is 700 g/mol. The van der Waals surface area contributed by atoms with Crippen LogP contribution in [0.15, 0.2) is 35.6 Å². The maximum atomic E-state index is 13.2. The molecule has 0 saturated carbocycles. The molecule has 0 unspecified atom stereocenters. The SMILES string of the molecule is C=C1N[C@H]2[C@H](CN3C(=O)CCC3=O)N=C(NC(=O)OCC(Cl)(Cl)Cl)N3C[C@H](NC(=O)c4cccc(Cl)c4Cl)C(O)(O)[C@]23N1. The number of imide groups is 1. The first-order valence-electron chi connectivity index (χ1n) is 12.7. The number of carbonyl (C=O) groups excluding carboxylic acids is 4. The van der Waals surface area contributed by atoms with Gasteiger partial charge in [-0.1, -0.05) is 70.7 Å². The maximum Gasteiger partial charge on any atom is 0.414 e. The Morgan fingerprint density at radius 3 is 2.51 bits per heavy atom. The van der Waals surface area contributed by atoms with E-state index in [9.17, 15) is 29.4 Å². The molecular formula is C24H24Cl5N7O7. The zero-order valence-corrected chi connectivity index (χ0v) is 25.7. The van der Waals surface area contributed by atoms with Gasteiger partial charge in [0, 0.05) is 19.4 Å². The molecule has 3 saturated heterocycles. The van der Waals surface area contributed by atoms with Crippen LogP contribution in [0.3, 0.4) is 0 Å². The standard InChI is InChI=1S/C24H24Cl5N7O7/c1-10-30-18-13(7-35-15(37)5-6-16(35)38)31-20(33-21(40)43-9-22(27,28)29)36-8-14(24(41,42)23(18,36)34-10)32-19(39)11-3-2-4-12(25)17(11)26/h2-4,13-14,18,30,34,41-42H,1,5-9H2,(H,32,39)(H,31,33,40)/t13-,14-,18-,23-/m0/s1. The molecule has 43 heavy (non-hydrogen) atoms. The second-order valence-corrected chi connectivity index (χ2v) is 13.5. The van der Waals surface area contributed by atoms with Crippen molar-refractivity contribution in [2.45, 2.75) is 46.2 Å². The molecule has 3 fully saturated rings. The Hall–Kier alpha value is -2.72. The third-order valence-corrected chi connectivity index (χ3v) is 8.64. The molecule has 1 aromatic carbocycles. The molecule has 0 bridgehead atoms. The number of hydrogen-bond acceptors (Lipinski definition) is 11. The first-order chi connectivity index (χ1) is 20.0. The van der Waals surface area contributed by atoms with Crippen LogP contribution in [0.4, 0.5) is 4.79 Å². The summed E-state index contributed by atoms with van der Waals surface area (Å²) in [5.41, 5.74) is -1.99. The fraction of sp³-hybridized carbons (Fsp3) is 0.458. The normalized spacial score (nSPS) is 27.7. The zero-order chi connectivity index (χ0) is 31.5. The Labute approximate surface area is 269 Å². The van der Waals surface area contributed by atoms with E-state index in [4.69, 9.17) is 62.7 Å². The van der Waals surface area contributed by atoms with E-state index in [-0.39, 0.29) is 53.3 Å². The summed E-state index contributed by atoms with van der Waals surface area (Å²) in [7, 11) is 0. The van der Waals surface area contributed by atoms with Crippen molar-refractivity contribution in [2.24, 2.45) is 4.99 Å². The number of benzene rings is 1. The highest BCUT2D eigenvalue weighted by Gasteiger charge is 2.74. The number of amides is 4. The molecule has 4 atom stereocenters. The minimum atomic E-state index is -2.81. The quantitative estimate of drug-likeness (QED) is 0.146. The lowest BCUT2D eigenvalue weighted by molar-refractivity contribution is -0.231. The second-order valence-electron chi connectivity index (χ2n) is 10.2. The minimum Gasteiger partial charge on any atom is -0.445 e. The molecule has 1 spiro atoms. The van der Waals surface area contributed by atoms with Gasteiger partial charge in [0.2, 0.25) is 27.4 Å².